The van der Waals surface area contributed by atoms with Gasteiger partial charge in [0.2, 0.25) is 5.78 Å². The summed E-state index contributed by atoms with van der Waals surface area (Å²) in [5.41, 5.74) is 2.37. The predicted molar refractivity (Wildman–Crippen MR) is 104 cm³/mol. The lowest BCUT2D eigenvalue weighted by molar-refractivity contribution is -0.146. The molecule has 1 aliphatic rings. The molecule has 2 rings (SSSR count). The molecule has 0 aromatic heterocycles. The number of carbonyl (C=O) groups excluding carboxylic acids is 4. The number of Topliss-reactive ketones (excluding diaryl/α,β-unsaturated/α-hetero) is 1. The maximum atomic E-state index is 12.5. The van der Waals surface area contributed by atoms with Crippen LogP contribution in [0.1, 0.15) is 60.2 Å². The number of unbranched alkanes of at least 4 members (excludes halogenated alkanes) is 1. The minimum atomic E-state index is -1.00. The van der Waals surface area contributed by atoms with Gasteiger partial charge in [0.1, 0.15) is 12.1 Å². The summed E-state index contributed by atoms with van der Waals surface area (Å²) in [6.45, 7) is 8.40. The molecule has 0 unspecified atom stereocenters. The van der Waals surface area contributed by atoms with Crippen LogP contribution in [0.5, 0.6) is 0 Å². The lowest BCUT2D eigenvalue weighted by Gasteiger charge is -2.21. The summed E-state index contributed by atoms with van der Waals surface area (Å²) in [6.07, 6.45) is 2.18. The number of rotatable bonds is 8. The summed E-state index contributed by atoms with van der Waals surface area (Å²) in [7, 11) is 0. The van der Waals surface area contributed by atoms with Crippen LogP contribution in [-0.2, 0) is 14.3 Å². The van der Waals surface area contributed by atoms with Gasteiger partial charge in [-0.1, -0.05) is 25.8 Å². The molecule has 1 aromatic rings. The fourth-order valence-electron chi connectivity index (χ4n) is 3.25. The van der Waals surface area contributed by atoms with E-state index < -0.39 is 36.6 Å². The van der Waals surface area contributed by atoms with Crippen LogP contribution in [0.2, 0.25) is 0 Å². The number of aryl methyl sites for hydroxylation is 3. The number of nitrogens with one attached hydrogen (secondary N) is 1. The van der Waals surface area contributed by atoms with Gasteiger partial charge in [-0.15, -0.1) is 0 Å². The van der Waals surface area contributed by atoms with E-state index >= 15 is 0 Å². The number of amides is 3. The number of esters is 1. The maximum absolute atomic E-state index is 12.5. The highest BCUT2D eigenvalue weighted by Gasteiger charge is 2.47. The molecule has 1 atom stereocenters. The van der Waals surface area contributed by atoms with Gasteiger partial charge in [0.05, 0.1) is 0 Å². The van der Waals surface area contributed by atoms with Gasteiger partial charge in [0, 0.05) is 5.56 Å². The van der Waals surface area contributed by atoms with Crippen LogP contribution in [0, 0.1) is 20.8 Å². The number of hydrogen-bond donors (Lipinski definition) is 1. The van der Waals surface area contributed by atoms with Crippen LogP contribution in [0.25, 0.3) is 0 Å². The van der Waals surface area contributed by atoms with Crippen LogP contribution in [-0.4, -0.2) is 47.3 Å². The Bertz CT molecular complexity index is 817. The molecule has 1 aliphatic heterocycles. The Labute approximate surface area is 165 Å². The van der Waals surface area contributed by atoms with Crippen molar-refractivity contribution in [3.05, 3.63) is 34.4 Å². The standard InChI is InChI=1S/C21H28N2O5/c1-6-7-8-21(5)19(26)23(20(27)22-21)11-18(25)28-12-17(24)16-10-14(3)13(2)9-15(16)4/h9-10H,6-8,11-12H2,1-5H3,(H,22,27)/t21-/m0/s1. The predicted octanol–water partition coefficient (Wildman–Crippen LogP) is 2.84. The first kappa shape index (κ1) is 21.6. The molecule has 0 saturated carbocycles. The second-order valence-corrected chi connectivity index (χ2v) is 7.59. The number of carbonyl (C=O) groups is 4. The van der Waals surface area contributed by atoms with Crippen LogP contribution in [0.15, 0.2) is 12.1 Å². The normalized spacial score (nSPS) is 19.0. The Morgan fingerprint density at radius 1 is 1.11 bits per heavy atom. The molecule has 1 saturated heterocycles. The summed E-state index contributed by atoms with van der Waals surface area (Å²) in [5.74, 6) is -1.56. The molecular formula is C21H28N2O5. The van der Waals surface area contributed by atoms with Gasteiger partial charge < -0.3 is 10.1 Å². The first-order valence-electron chi connectivity index (χ1n) is 9.50. The zero-order chi connectivity index (χ0) is 21.1. The number of imide groups is 1. The van der Waals surface area contributed by atoms with Crippen molar-refractivity contribution in [1.82, 2.24) is 10.2 Å². The van der Waals surface area contributed by atoms with E-state index in [4.69, 9.17) is 4.74 Å². The van der Waals surface area contributed by atoms with E-state index in [1.54, 1.807) is 13.0 Å². The van der Waals surface area contributed by atoms with Crippen LogP contribution < -0.4 is 5.32 Å². The summed E-state index contributed by atoms with van der Waals surface area (Å²) < 4.78 is 5.03. The van der Waals surface area contributed by atoms with Crippen molar-refractivity contribution in [1.29, 1.82) is 0 Å². The highest BCUT2D eigenvalue weighted by atomic mass is 16.5. The first-order chi connectivity index (χ1) is 13.1. The van der Waals surface area contributed by atoms with E-state index in [1.807, 2.05) is 33.8 Å². The Morgan fingerprint density at radius 3 is 2.39 bits per heavy atom. The van der Waals surface area contributed by atoms with E-state index in [-0.39, 0.29) is 5.78 Å². The Balaban J connectivity index is 1.96. The molecule has 1 fully saturated rings. The van der Waals surface area contributed by atoms with Gasteiger partial charge >= 0.3 is 12.0 Å². The molecule has 7 nitrogen and oxygen atoms in total. The van der Waals surface area contributed by atoms with Gasteiger partial charge in [0.25, 0.3) is 5.91 Å². The van der Waals surface area contributed by atoms with Crippen molar-refractivity contribution >= 4 is 23.7 Å². The summed E-state index contributed by atoms with van der Waals surface area (Å²) in [5, 5.41) is 2.64. The number of nitrogens with zero attached hydrogens (tertiary/aromatic N) is 1. The first-order valence-corrected chi connectivity index (χ1v) is 9.50. The molecule has 1 N–H and O–H groups in total. The highest BCUT2D eigenvalue weighted by Crippen LogP contribution is 2.23. The maximum Gasteiger partial charge on any atom is 0.326 e. The van der Waals surface area contributed by atoms with Crippen molar-refractivity contribution in [2.45, 2.75) is 59.4 Å². The molecule has 152 valence electrons. The minimum absolute atomic E-state index is 0.320. The zero-order valence-corrected chi connectivity index (χ0v) is 17.2. The minimum Gasteiger partial charge on any atom is -0.456 e. The summed E-state index contributed by atoms with van der Waals surface area (Å²) in [6, 6.07) is 3.07. The topological polar surface area (TPSA) is 92.8 Å². The summed E-state index contributed by atoms with van der Waals surface area (Å²) in [4.78, 5) is 50.0. The third-order valence-electron chi connectivity index (χ3n) is 5.17. The number of hydrogen-bond acceptors (Lipinski definition) is 5. The third kappa shape index (κ3) is 4.58. The Morgan fingerprint density at radius 2 is 1.75 bits per heavy atom. The van der Waals surface area contributed by atoms with Crippen molar-refractivity contribution in [2.24, 2.45) is 0 Å². The molecule has 1 aromatic carbocycles. The van der Waals surface area contributed by atoms with Crippen LogP contribution >= 0.6 is 0 Å². The number of urea groups is 1. The number of ether oxygens (including phenoxy) is 1. The molecule has 0 aliphatic carbocycles. The number of ketones is 1. The quantitative estimate of drug-likeness (QED) is 0.420. The molecule has 7 heteroatoms. The largest absolute Gasteiger partial charge is 0.456 e. The molecule has 1 heterocycles. The molecule has 3 amide bonds. The molecular weight excluding hydrogens is 360 g/mol. The molecule has 28 heavy (non-hydrogen) atoms. The van der Waals surface area contributed by atoms with Crippen molar-refractivity contribution in [3.63, 3.8) is 0 Å². The SMILES string of the molecule is CCCC[C@]1(C)NC(=O)N(CC(=O)OCC(=O)c2cc(C)c(C)cc2C)C1=O. The van der Waals surface area contributed by atoms with E-state index in [1.165, 1.54) is 0 Å². The Hall–Kier alpha value is -2.70. The van der Waals surface area contributed by atoms with Crippen LogP contribution in [0.4, 0.5) is 4.79 Å². The monoisotopic (exact) mass is 388 g/mol. The summed E-state index contributed by atoms with van der Waals surface area (Å²) >= 11 is 0. The van der Waals surface area contributed by atoms with E-state index in [0.29, 0.717) is 12.0 Å². The second-order valence-electron chi connectivity index (χ2n) is 7.59. The van der Waals surface area contributed by atoms with Gasteiger partial charge in [-0.2, -0.15) is 0 Å². The van der Waals surface area contributed by atoms with Gasteiger partial charge in [-0.25, -0.2) is 4.79 Å². The van der Waals surface area contributed by atoms with Crippen molar-refractivity contribution < 1.29 is 23.9 Å². The van der Waals surface area contributed by atoms with Crippen LogP contribution in [0.3, 0.4) is 0 Å². The number of benzene rings is 1. The van der Waals surface area contributed by atoms with Gasteiger partial charge in [0.15, 0.2) is 6.61 Å². The zero-order valence-electron chi connectivity index (χ0n) is 17.2. The van der Waals surface area contributed by atoms with E-state index in [0.717, 1.165) is 34.4 Å². The molecule has 0 radical (unpaired) electrons. The third-order valence-corrected chi connectivity index (χ3v) is 5.17. The van der Waals surface area contributed by atoms with Crippen molar-refractivity contribution in [3.8, 4) is 0 Å². The second kappa shape index (κ2) is 8.54. The average molecular weight is 388 g/mol. The lowest BCUT2D eigenvalue weighted by Crippen LogP contribution is -2.44. The lowest BCUT2D eigenvalue weighted by atomic mass is 9.95. The molecule has 0 bridgehead atoms. The van der Waals surface area contributed by atoms with E-state index in [9.17, 15) is 19.2 Å². The van der Waals surface area contributed by atoms with E-state index in [2.05, 4.69) is 5.32 Å². The average Bonchev–Trinajstić information content (AvgIpc) is 2.84. The Kier molecular flexibility index (Phi) is 6.59. The van der Waals surface area contributed by atoms with Gasteiger partial charge in [-0.05, 0) is 56.9 Å². The highest BCUT2D eigenvalue weighted by molar-refractivity contribution is 6.08. The fraction of sp³-hybridized carbons (Fsp3) is 0.524. The smallest absolute Gasteiger partial charge is 0.326 e. The fourth-order valence-corrected chi connectivity index (χ4v) is 3.25. The molecule has 0 spiro atoms. The van der Waals surface area contributed by atoms with Gasteiger partial charge in [-0.3, -0.25) is 19.3 Å². The van der Waals surface area contributed by atoms with Crippen molar-refractivity contribution in [2.75, 3.05) is 13.2 Å².